The van der Waals surface area contributed by atoms with Crippen molar-refractivity contribution in [3.63, 3.8) is 0 Å². The van der Waals surface area contributed by atoms with Crippen LogP contribution in [0.1, 0.15) is 26.3 Å². The maximum atomic E-state index is 4.63. The van der Waals surface area contributed by atoms with Crippen molar-refractivity contribution in [2.24, 2.45) is 0 Å². The summed E-state index contributed by atoms with van der Waals surface area (Å²) in [4.78, 5) is 13.7. The molecule has 0 saturated carbocycles. The lowest BCUT2D eigenvalue weighted by molar-refractivity contribution is 0.626. The molecule has 0 amide bonds. The molecule has 0 bridgehead atoms. The Hall–Kier alpha value is -2.47. The summed E-state index contributed by atoms with van der Waals surface area (Å²) in [6.45, 7) is 8.30. The third kappa shape index (κ3) is 4.79. The largest absolute Gasteiger partial charge is 0.350 e. The second kappa shape index (κ2) is 7.41. The Morgan fingerprint density at radius 1 is 0.962 bits per heavy atom. The summed E-state index contributed by atoms with van der Waals surface area (Å²) < 4.78 is 1.05. The predicted molar refractivity (Wildman–Crippen MR) is 111 cm³/mol. The van der Waals surface area contributed by atoms with Crippen LogP contribution < -0.4 is 10.6 Å². The number of nitrogens with one attached hydrogen (secondary N) is 2. The molecule has 0 unspecified atom stereocenters. The molecule has 134 valence electrons. The Labute approximate surface area is 162 Å². The number of pyridine rings is 1. The first-order chi connectivity index (χ1) is 12.3. The number of aryl methyl sites for hydroxylation is 1. The van der Waals surface area contributed by atoms with E-state index in [2.05, 4.69) is 75.3 Å². The monoisotopic (exact) mass is 411 g/mol. The molecular weight excluding hydrogens is 390 g/mol. The van der Waals surface area contributed by atoms with Crippen LogP contribution in [0.15, 0.2) is 53.1 Å². The van der Waals surface area contributed by atoms with Crippen LogP contribution in [0.3, 0.4) is 0 Å². The Morgan fingerprint density at radius 2 is 1.77 bits per heavy atom. The van der Waals surface area contributed by atoms with Gasteiger partial charge < -0.3 is 10.6 Å². The summed E-state index contributed by atoms with van der Waals surface area (Å²) in [7, 11) is 0. The summed E-state index contributed by atoms with van der Waals surface area (Å²) in [5, 5.41) is 6.74. The molecule has 0 fully saturated rings. The first-order valence-electron chi connectivity index (χ1n) is 8.42. The molecule has 1 aromatic carbocycles. The molecule has 0 saturated heterocycles. The quantitative estimate of drug-likeness (QED) is 0.587. The van der Waals surface area contributed by atoms with Gasteiger partial charge in [0.05, 0.1) is 11.4 Å². The average Bonchev–Trinajstić information content (AvgIpc) is 2.56. The van der Waals surface area contributed by atoms with E-state index in [1.165, 1.54) is 0 Å². The minimum Gasteiger partial charge on any atom is -0.350 e. The second-order valence-electron chi connectivity index (χ2n) is 7.14. The van der Waals surface area contributed by atoms with Gasteiger partial charge in [-0.05, 0) is 63.6 Å². The molecule has 0 spiro atoms. The lowest BCUT2D eigenvalue weighted by Gasteiger charge is -2.21. The zero-order valence-corrected chi connectivity index (χ0v) is 16.9. The highest BCUT2D eigenvalue weighted by Gasteiger charge is 2.14. The third-order valence-corrected chi connectivity index (χ3v) is 4.08. The van der Waals surface area contributed by atoms with Crippen molar-refractivity contribution in [1.29, 1.82) is 0 Å². The summed E-state index contributed by atoms with van der Waals surface area (Å²) in [5.74, 6) is 1.29. The van der Waals surface area contributed by atoms with Crippen molar-refractivity contribution in [2.75, 3.05) is 10.6 Å². The number of halogens is 1. The Morgan fingerprint density at radius 3 is 2.42 bits per heavy atom. The van der Waals surface area contributed by atoms with Gasteiger partial charge in [-0.15, -0.1) is 0 Å². The van der Waals surface area contributed by atoms with Crippen molar-refractivity contribution in [3.05, 3.63) is 58.7 Å². The SMILES string of the molecule is Cc1cc(Br)ccc1Nc1cc(-c2ccccn2)nc(NC(C)(C)C)n1. The first kappa shape index (κ1) is 18.3. The van der Waals surface area contributed by atoms with Crippen LogP contribution in [0.2, 0.25) is 0 Å². The first-order valence-corrected chi connectivity index (χ1v) is 9.21. The normalized spacial score (nSPS) is 11.3. The number of nitrogens with zero attached hydrogens (tertiary/aromatic N) is 3. The van der Waals surface area contributed by atoms with Crippen LogP contribution in [0.5, 0.6) is 0 Å². The Kier molecular flexibility index (Phi) is 5.23. The molecule has 0 atom stereocenters. The molecule has 5 nitrogen and oxygen atoms in total. The van der Waals surface area contributed by atoms with E-state index in [0.29, 0.717) is 5.95 Å². The van der Waals surface area contributed by atoms with Crippen LogP contribution in [0.25, 0.3) is 11.4 Å². The molecule has 3 aromatic rings. The predicted octanol–water partition coefficient (Wildman–Crippen LogP) is 5.56. The lowest BCUT2D eigenvalue weighted by Crippen LogP contribution is -2.27. The lowest BCUT2D eigenvalue weighted by atomic mass is 10.1. The number of anilines is 3. The minimum atomic E-state index is -0.145. The third-order valence-electron chi connectivity index (χ3n) is 3.59. The molecule has 0 aliphatic rings. The summed E-state index contributed by atoms with van der Waals surface area (Å²) in [5.41, 5.74) is 3.56. The molecule has 0 aliphatic heterocycles. The van der Waals surface area contributed by atoms with E-state index in [-0.39, 0.29) is 5.54 Å². The molecule has 26 heavy (non-hydrogen) atoms. The molecule has 2 heterocycles. The fourth-order valence-electron chi connectivity index (χ4n) is 2.45. The van der Waals surface area contributed by atoms with Crippen molar-refractivity contribution in [2.45, 2.75) is 33.2 Å². The van der Waals surface area contributed by atoms with E-state index in [9.17, 15) is 0 Å². The van der Waals surface area contributed by atoms with Gasteiger partial charge in [0.25, 0.3) is 0 Å². The molecule has 0 aliphatic carbocycles. The van der Waals surface area contributed by atoms with Crippen LogP contribution >= 0.6 is 15.9 Å². The van der Waals surface area contributed by atoms with Crippen molar-refractivity contribution >= 4 is 33.4 Å². The zero-order chi connectivity index (χ0) is 18.7. The maximum absolute atomic E-state index is 4.63. The van der Waals surface area contributed by atoms with E-state index >= 15 is 0 Å². The highest BCUT2D eigenvalue weighted by molar-refractivity contribution is 9.10. The molecule has 6 heteroatoms. The molecule has 2 N–H and O–H groups in total. The fraction of sp³-hybridized carbons (Fsp3) is 0.250. The van der Waals surface area contributed by atoms with Crippen LogP contribution in [0, 0.1) is 6.92 Å². The summed E-state index contributed by atoms with van der Waals surface area (Å²) >= 11 is 3.50. The average molecular weight is 412 g/mol. The van der Waals surface area contributed by atoms with Crippen molar-refractivity contribution in [1.82, 2.24) is 15.0 Å². The van der Waals surface area contributed by atoms with Gasteiger partial charge in [0.1, 0.15) is 5.82 Å². The number of hydrogen-bond donors (Lipinski definition) is 2. The van der Waals surface area contributed by atoms with E-state index < -0.39 is 0 Å². The summed E-state index contributed by atoms with van der Waals surface area (Å²) in [6.07, 6.45) is 1.76. The van der Waals surface area contributed by atoms with Crippen LogP contribution in [0.4, 0.5) is 17.5 Å². The van der Waals surface area contributed by atoms with E-state index in [0.717, 1.165) is 32.9 Å². The van der Waals surface area contributed by atoms with Gasteiger partial charge in [-0.25, -0.2) is 4.98 Å². The van der Waals surface area contributed by atoms with Gasteiger partial charge in [-0.2, -0.15) is 4.98 Å². The van der Waals surface area contributed by atoms with Crippen LogP contribution in [-0.4, -0.2) is 20.5 Å². The van der Waals surface area contributed by atoms with Crippen molar-refractivity contribution in [3.8, 4) is 11.4 Å². The number of benzene rings is 1. The molecular formula is C20H22BrN5. The van der Waals surface area contributed by atoms with Gasteiger partial charge in [0.2, 0.25) is 5.95 Å². The number of rotatable bonds is 4. The van der Waals surface area contributed by atoms with Crippen LogP contribution in [-0.2, 0) is 0 Å². The highest BCUT2D eigenvalue weighted by Crippen LogP contribution is 2.26. The van der Waals surface area contributed by atoms with E-state index in [4.69, 9.17) is 0 Å². The summed E-state index contributed by atoms with van der Waals surface area (Å²) in [6, 6.07) is 13.8. The van der Waals surface area contributed by atoms with Gasteiger partial charge in [0.15, 0.2) is 0 Å². The Bertz CT molecular complexity index is 904. The van der Waals surface area contributed by atoms with Gasteiger partial charge >= 0.3 is 0 Å². The van der Waals surface area contributed by atoms with E-state index in [1.54, 1.807) is 6.20 Å². The van der Waals surface area contributed by atoms with Gasteiger partial charge in [0, 0.05) is 28.0 Å². The van der Waals surface area contributed by atoms with Crippen molar-refractivity contribution < 1.29 is 0 Å². The van der Waals surface area contributed by atoms with Gasteiger partial charge in [-0.3, -0.25) is 4.98 Å². The molecule has 2 aromatic heterocycles. The molecule has 3 rings (SSSR count). The molecule has 0 radical (unpaired) electrons. The maximum Gasteiger partial charge on any atom is 0.225 e. The standard InChI is InChI=1S/C20H22BrN5/c1-13-11-14(21)8-9-15(13)23-18-12-17(16-7-5-6-10-22-16)24-19(25-18)26-20(2,3)4/h5-12H,1-4H3,(H2,23,24,25,26). The van der Waals surface area contributed by atoms with E-state index in [1.807, 2.05) is 36.4 Å². The second-order valence-corrected chi connectivity index (χ2v) is 8.05. The topological polar surface area (TPSA) is 62.7 Å². The van der Waals surface area contributed by atoms with Gasteiger partial charge in [-0.1, -0.05) is 22.0 Å². The number of hydrogen-bond acceptors (Lipinski definition) is 5. The highest BCUT2D eigenvalue weighted by atomic mass is 79.9. The zero-order valence-electron chi connectivity index (χ0n) is 15.3. The number of aromatic nitrogens is 3. The smallest absolute Gasteiger partial charge is 0.225 e. The minimum absolute atomic E-state index is 0.145. The fourth-order valence-corrected chi connectivity index (χ4v) is 2.93. The Balaban J connectivity index is 2.01.